The number of methoxy groups -OCH3 is 1. The minimum atomic E-state index is -3.08. The van der Waals surface area contributed by atoms with E-state index < -0.39 is 24.3 Å². The maximum absolute atomic E-state index is 13.2. The van der Waals surface area contributed by atoms with Crippen molar-refractivity contribution in [2.75, 3.05) is 7.11 Å². The van der Waals surface area contributed by atoms with Crippen molar-refractivity contribution in [3.8, 4) is 5.75 Å². The number of nitrogens with zero attached hydrogens (tertiary/aromatic N) is 2. The van der Waals surface area contributed by atoms with E-state index in [0.717, 1.165) is 49.4 Å². The summed E-state index contributed by atoms with van der Waals surface area (Å²) in [7, 11) is 1.16. The summed E-state index contributed by atoms with van der Waals surface area (Å²) >= 11 is 0.826. The number of esters is 1. The SMILES string of the molecule is COC(=O)/C=C1/S/C(=N\N=Cc2cc(F)ccc2OC(F)F)NC1=O. The van der Waals surface area contributed by atoms with E-state index in [4.69, 9.17) is 0 Å². The van der Waals surface area contributed by atoms with E-state index in [1.807, 2.05) is 0 Å². The van der Waals surface area contributed by atoms with Gasteiger partial charge in [-0.25, -0.2) is 9.18 Å². The van der Waals surface area contributed by atoms with Crippen LogP contribution in [0.25, 0.3) is 0 Å². The Balaban J connectivity index is 2.14. The molecule has 7 nitrogen and oxygen atoms in total. The minimum Gasteiger partial charge on any atom is -0.466 e. The number of rotatable bonds is 5. The number of halogens is 3. The van der Waals surface area contributed by atoms with Crippen molar-refractivity contribution in [1.82, 2.24) is 5.32 Å². The second-order valence-electron chi connectivity index (χ2n) is 4.30. The van der Waals surface area contributed by atoms with E-state index in [0.29, 0.717) is 0 Å². The van der Waals surface area contributed by atoms with Crippen LogP contribution >= 0.6 is 11.8 Å². The highest BCUT2D eigenvalue weighted by molar-refractivity contribution is 8.18. The van der Waals surface area contributed by atoms with Gasteiger partial charge in [0.25, 0.3) is 5.91 Å². The Labute approximate surface area is 143 Å². The van der Waals surface area contributed by atoms with Crippen molar-refractivity contribution < 1.29 is 32.2 Å². The molecule has 0 aromatic heterocycles. The number of amides is 1. The van der Waals surface area contributed by atoms with Crippen molar-refractivity contribution in [1.29, 1.82) is 0 Å². The van der Waals surface area contributed by atoms with E-state index in [1.165, 1.54) is 0 Å². The van der Waals surface area contributed by atoms with Crippen LogP contribution in [-0.4, -0.2) is 37.0 Å². The molecule has 0 aliphatic carbocycles. The normalized spacial score (nSPS) is 17.6. The summed E-state index contributed by atoms with van der Waals surface area (Å²) in [6.07, 6.45) is 1.97. The van der Waals surface area contributed by atoms with Crippen LogP contribution in [0.1, 0.15) is 5.56 Å². The molecule has 1 saturated heterocycles. The molecule has 0 atom stereocenters. The molecule has 0 spiro atoms. The highest BCUT2D eigenvalue weighted by atomic mass is 32.2. The van der Waals surface area contributed by atoms with Crippen molar-refractivity contribution in [3.05, 3.63) is 40.6 Å². The number of carbonyl (C=O) groups excluding carboxylic acids is 2. The third-order valence-electron chi connectivity index (χ3n) is 2.63. The number of alkyl halides is 2. The second kappa shape index (κ2) is 8.33. The van der Waals surface area contributed by atoms with Crippen molar-refractivity contribution in [2.24, 2.45) is 10.2 Å². The lowest BCUT2D eigenvalue weighted by atomic mass is 10.2. The molecule has 1 aromatic rings. The van der Waals surface area contributed by atoms with Crippen LogP contribution < -0.4 is 10.1 Å². The quantitative estimate of drug-likeness (QED) is 0.369. The van der Waals surface area contributed by atoms with Crippen LogP contribution in [0, 0.1) is 5.82 Å². The molecular formula is C14H10F3N3O4S. The molecule has 0 radical (unpaired) electrons. The predicted molar refractivity (Wildman–Crippen MR) is 83.9 cm³/mol. The molecule has 132 valence electrons. The third-order valence-corrected chi connectivity index (χ3v) is 3.53. The Morgan fingerprint density at radius 3 is 2.84 bits per heavy atom. The van der Waals surface area contributed by atoms with Crippen molar-refractivity contribution >= 4 is 35.0 Å². The van der Waals surface area contributed by atoms with Gasteiger partial charge in [-0.15, -0.1) is 5.10 Å². The molecule has 1 N–H and O–H groups in total. The molecule has 25 heavy (non-hydrogen) atoms. The lowest BCUT2D eigenvalue weighted by molar-refractivity contribution is -0.135. The van der Waals surface area contributed by atoms with Gasteiger partial charge in [0.2, 0.25) is 0 Å². The van der Waals surface area contributed by atoms with E-state index in [2.05, 4.69) is 25.0 Å². The largest absolute Gasteiger partial charge is 0.466 e. The van der Waals surface area contributed by atoms with Gasteiger partial charge in [0, 0.05) is 11.6 Å². The number of carbonyl (C=O) groups is 2. The number of hydrogen-bond acceptors (Lipinski definition) is 7. The number of ether oxygens (including phenoxy) is 2. The van der Waals surface area contributed by atoms with Gasteiger partial charge in [-0.2, -0.15) is 13.9 Å². The van der Waals surface area contributed by atoms with Crippen LogP contribution in [0.5, 0.6) is 5.75 Å². The van der Waals surface area contributed by atoms with E-state index in [9.17, 15) is 22.8 Å². The number of amidine groups is 1. The maximum Gasteiger partial charge on any atom is 0.387 e. The van der Waals surface area contributed by atoms with E-state index >= 15 is 0 Å². The first-order valence-corrected chi connectivity index (χ1v) is 7.35. The lowest BCUT2D eigenvalue weighted by Crippen LogP contribution is -2.19. The molecule has 1 amide bonds. The molecule has 1 aliphatic rings. The van der Waals surface area contributed by atoms with Crippen molar-refractivity contribution in [2.45, 2.75) is 6.61 Å². The van der Waals surface area contributed by atoms with Gasteiger partial charge in [0.05, 0.1) is 18.2 Å². The fourth-order valence-electron chi connectivity index (χ4n) is 1.61. The van der Waals surface area contributed by atoms with Crippen LogP contribution in [0.3, 0.4) is 0 Å². The molecule has 11 heteroatoms. The summed E-state index contributed by atoms with van der Waals surface area (Å²) in [5.41, 5.74) is -0.0655. The highest BCUT2D eigenvalue weighted by Gasteiger charge is 2.25. The van der Waals surface area contributed by atoms with Gasteiger partial charge in [-0.05, 0) is 30.0 Å². The van der Waals surface area contributed by atoms with Crippen LogP contribution in [0.2, 0.25) is 0 Å². The fourth-order valence-corrected chi connectivity index (χ4v) is 2.35. The Hall–Kier alpha value is -2.82. The summed E-state index contributed by atoms with van der Waals surface area (Å²) in [6.45, 7) is -3.08. The zero-order valence-corrected chi connectivity index (χ0v) is 13.4. The molecule has 1 heterocycles. The standard InChI is InChI=1S/C14H10F3N3O4S/c1-23-11(21)5-10-12(22)19-14(25-10)20-18-6-7-4-8(15)2-3-9(7)24-13(16)17/h2-6,13H,1H3,(H,19,20,22)/b10-5+,18-6?. The first-order valence-electron chi connectivity index (χ1n) is 6.53. The lowest BCUT2D eigenvalue weighted by Gasteiger charge is -2.06. The van der Waals surface area contributed by atoms with Crippen LogP contribution in [-0.2, 0) is 14.3 Å². The van der Waals surface area contributed by atoms with E-state index in [1.54, 1.807) is 0 Å². The monoisotopic (exact) mass is 373 g/mol. The fraction of sp³-hybridized carbons (Fsp3) is 0.143. The molecular weight excluding hydrogens is 363 g/mol. The van der Waals surface area contributed by atoms with Gasteiger partial charge < -0.3 is 9.47 Å². The summed E-state index contributed by atoms with van der Waals surface area (Å²) < 4.78 is 46.5. The Morgan fingerprint density at radius 1 is 1.40 bits per heavy atom. The zero-order valence-electron chi connectivity index (χ0n) is 12.5. The summed E-state index contributed by atoms with van der Waals surface area (Å²) in [6, 6.07) is 2.92. The van der Waals surface area contributed by atoms with Gasteiger partial charge in [0.1, 0.15) is 11.6 Å². The number of benzene rings is 1. The van der Waals surface area contributed by atoms with Gasteiger partial charge in [-0.3, -0.25) is 10.1 Å². The van der Waals surface area contributed by atoms with Gasteiger partial charge >= 0.3 is 12.6 Å². The Kier molecular flexibility index (Phi) is 6.17. The second-order valence-corrected chi connectivity index (χ2v) is 5.33. The molecule has 1 aromatic carbocycles. The molecule has 1 fully saturated rings. The van der Waals surface area contributed by atoms with Gasteiger partial charge in [0.15, 0.2) is 5.17 Å². The zero-order chi connectivity index (χ0) is 18.4. The molecule has 0 bridgehead atoms. The summed E-state index contributed by atoms with van der Waals surface area (Å²) in [4.78, 5) is 22.7. The minimum absolute atomic E-state index is 0.0455. The highest BCUT2D eigenvalue weighted by Crippen LogP contribution is 2.24. The number of hydrogen-bond donors (Lipinski definition) is 1. The number of nitrogens with one attached hydrogen (secondary N) is 1. The van der Waals surface area contributed by atoms with Crippen LogP contribution in [0.15, 0.2) is 39.4 Å². The van der Waals surface area contributed by atoms with Crippen LogP contribution in [0.4, 0.5) is 13.2 Å². The number of thioether (sulfide) groups is 1. The first kappa shape index (κ1) is 18.5. The molecule has 2 rings (SSSR count). The Morgan fingerprint density at radius 2 is 2.16 bits per heavy atom. The third kappa shape index (κ3) is 5.35. The maximum atomic E-state index is 13.2. The predicted octanol–water partition coefficient (Wildman–Crippen LogP) is 2.04. The molecule has 0 saturated carbocycles. The molecule has 0 unspecified atom stereocenters. The Bertz CT molecular complexity index is 781. The average molecular weight is 373 g/mol. The molecule has 1 aliphatic heterocycles. The summed E-state index contributed by atoms with van der Waals surface area (Å²) in [5, 5.41) is 9.64. The summed E-state index contributed by atoms with van der Waals surface area (Å²) in [5.74, 6) is -2.25. The smallest absolute Gasteiger partial charge is 0.387 e. The topological polar surface area (TPSA) is 89.3 Å². The average Bonchev–Trinajstić information content (AvgIpc) is 2.89. The van der Waals surface area contributed by atoms with Crippen molar-refractivity contribution in [3.63, 3.8) is 0 Å². The first-order chi connectivity index (χ1) is 11.9. The van der Waals surface area contributed by atoms with E-state index in [-0.39, 0.29) is 21.4 Å². The van der Waals surface area contributed by atoms with Gasteiger partial charge in [-0.1, -0.05) is 0 Å².